The molecule has 1 saturated heterocycles. The zero-order chi connectivity index (χ0) is 24.5. The van der Waals surface area contributed by atoms with Crippen LogP contribution in [0.5, 0.6) is 0 Å². The fourth-order valence-corrected chi connectivity index (χ4v) is 4.55. The van der Waals surface area contributed by atoms with Gasteiger partial charge in [0.25, 0.3) is 6.43 Å². The Morgan fingerprint density at radius 2 is 1.79 bits per heavy atom. The molecule has 0 radical (unpaired) electrons. The average Bonchev–Trinajstić information content (AvgIpc) is 3.07. The summed E-state index contributed by atoms with van der Waals surface area (Å²) in [7, 11) is 0. The molecule has 1 aliphatic carbocycles. The largest absolute Gasteiger partial charge is 0.421 e. The molecule has 0 bridgehead atoms. The minimum Gasteiger partial charge on any atom is -0.370 e. The van der Waals surface area contributed by atoms with Crippen LogP contribution in [0.4, 0.5) is 39.4 Å². The Labute approximate surface area is 194 Å². The quantitative estimate of drug-likeness (QED) is 0.548. The van der Waals surface area contributed by atoms with Crippen molar-refractivity contribution in [3.05, 3.63) is 23.7 Å². The van der Waals surface area contributed by atoms with Crippen molar-refractivity contribution in [2.45, 2.75) is 51.4 Å². The summed E-state index contributed by atoms with van der Waals surface area (Å²) in [5, 5.41) is 10.1. The Balaban J connectivity index is 1.35. The highest BCUT2D eigenvalue weighted by atomic mass is 19.4. The van der Waals surface area contributed by atoms with E-state index in [1.165, 1.54) is 0 Å². The van der Waals surface area contributed by atoms with Gasteiger partial charge >= 0.3 is 6.18 Å². The number of alkyl halides is 5. The first kappa shape index (κ1) is 24.6. The van der Waals surface area contributed by atoms with Crippen molar-refractivity contribution >= 4 is 17.5 Å². The molecule has 3 heterocycles. The molecule has 4 rings (SSSR count). The minimum absolute atomic E-state index is 0.0553. The fourth-order valence-electron chi connectivity index (χ4n) is 4.55. The zero-order valence-electron chi connectivity index (χ0n) is 19.1. The summed E-state index contributed by atoms with van der Waals surface area (Å²) in [4.78, 5) is 12.0. The van der Waals surface area contributed by atoms with Crippen LogP contribution >= 0.6 is 0 Å². The molecule has 2 aliphatic rings. The van der Waals surface area contributed by atoms with E-state index in [-0.39, 0.29) is 24.4 Å². The van der Waals surface area contributed by atoms with Gasteiger partial charge in [0.2, 0.25) is 5.95 Å². The van der Waals surface area contributed by atoms with Gasteiger partial charge in [-0.25, -0.2) is 13.8 Å². The highest BCUT2D eigenvalue weighted by Crippen LogP contribution is 2.38. The molecule has 1 saturated carbocycles. The normalized spacial score (nSPS) is 22.1. The van der Waals surface area contributed by atoms with Gasteiger partial charge in [-0.05, 0) is 26.7 Å². The van der Waals surface area contributed by atoms with E-state index in [1.807, 2.05) is 11.6 Å². The molecule has 0 aromatic carbocycles. The number of anilines is 3. The van der Waals surface area contributed by atoms with Gasteiger partial charge in [-0.15, -0.1) is 0 Å². The van der Waals surface area contributed by atoms with Gasteiger partial charge < -0.3 is 10.6 Å². The smallest absolute Gasteiger partial charge is 0.370 e. The maximum atomic E-state index is 13.2. The van der Waals surface area contributed by atoms with Crippen molar-refractivity contribution in [1.82, 2.24) is 29.5 Å². The van der Waals surface area contributed by atoms with Gasteiger partial charge in [-0.2, -0.15) is 23.3 Å². The first-order chi connectivity index (χ1) is 16.2. The summed E-state index contributed by atoms with van der Waals surface area (Å²) < 4.78 is 66.6. The van der Waals surface area contributed by atoms with Crippen LogP contribution in [0, 0.1) is 6.92 Å². The van der Waals surface area contributed by atoms with Gasteiger partial charge in [-0.1, -0.05) is 0 Å². The minimum atomic E-state index is -4.55. The van der Waals surface area contributed by atoms with Crippen LogP contribution in [0.2, 0.25) is 0 Å². The van der Waals surface area contributed by atoms with Gasteiger partial charge in [0.15, 0.2) is 0 Å². The maximum Gasteiger partial charge on any atom is 0.421 e. The van der Waals surface area contributed by atoms with Gasteiger partial charge in [0.05, 0.1) is 30.2 Å². The molecular weight excluding hydrogens is 459 g/mol. The lowest BCUT2D eigenvalue weighted by Crippen LogP contribution is -2.54. The number of rotatable bonds is 8. The molecule has 0 spiro atoms. The van der Waals surface area contributed by atoms with Crippen molar-refractivity contribution in [3.63, 3.8) is 0 Å². The van der Waals surface area contributed by atoms with Crippen LogP contribution < -0.4 is 10.6 Å². The second-order valence-corrected chi connectivity index (χ2v) is 8.70. The number of nitrogens with zero attached hydrogens (tertiary/aromatic N) is 6. The predicted octanol–water partition coefficient (Wildman–Crippen LogP) is 3.76. The number of halogens is 5. The molecule has 2 fully saturated rings. The topological polar surface area (TPSA) is 74.1 Å². The zero-order valence-corrected chi connectivity index (χ0v) is 19.1. The van der Waals surface area contributed by atoms with E-state index in [4.69, 9.17) is 0 Å². The highest BCUT2D eigenvalue weighted by molar-refractivity contribution is 5.58. The first-order valence-corrected chi connectivity index (χ1v) is 11.4. The van der Waals surface area contributed by atoms with Crippen molar-refractivity contribution in [2.24, 2.45) is 0 Å². The predicted molar refractivity (Wildman–Crippen MR) is 118 cm³/mol. The highest BCUT2D eigenvalue weighted by Gasteiger charge is 2.38. The van der Waals surface area contributed by atoms with Crippen molar-refractivity contribution in [2.75, 3.05) is 49.9 Å². The Morgan fingerprint density at radius 1 is 1.09 bits per heavy atom. The van der Waals surface area contributed by atoms with E-state index in [2.05, 4.69) is 30.6 Å². The van der Waals surface area contributed by atoms with Crippen LogP contribution in [0.25, 0.3) is 0 Å². The standard InChI is InChI=1S/C21H29F5N8/c1-3-27-19-16(21(24,25)26)10-28-20(31-19)30-17-11-29-34(13(17)2)15-8-14(9-15)33-6-4-32(5-7-33)12-18(22)23/h10-11,14-15,18H,3-9,12H2,1-2H3,(H2,27,28,30,31)/t14-,15-. The second-order valence-electron chi connectivity index (χ2n) is 8.70. The Morgan fingerprint density at radius 3 is 2.41 bits per heavy atom. The number of nitrogens with one attached hydrogen (secondary N) is 2. The molecule has 0 atom stereocenters. The summed E-state index contributed by atoms with van der Waals surface area (Å²) >= 11 is 0. The summed E-state index contributed by atoms with van der Waals surface area (Å²) in [6, 6.07) is 0.616. The molecule has 2 aromatic rings. The third kappa shape index (κ3) is 5.40. The van der Waals surface area contributed by atoms with Gasteiger partial charge in [-0.3, -0.25) is 14.5 Å². The third-order valence-corrected chi connectivity index (χ3v) is 6.48. The molecular formula is C21H29F5N8. The number of aromatic nitrogens is 4. The van der Waals surface area contributed by atoms with Crippen LogP contribution in [-0.4, -0.2) is 81.3 Å². The van der Waals surface area contributed by atoms with E-state index in [0.717, 1.165) is 37.8 Å². The van der Waals surface area contributed by atoms with Crippen LogP contribution in [0.15, 0.2) is 12.4 Å². The first-order valence-electron chi connectivity index (χ1n) is 11.4. The molecule has 13 heteroatoms. The van der Waals surface area contributed by atoms with Crippen LogP contribution in [0.3, 0.4) is 0 Å². The number of hydrogen-bond donors (Lipinski definition) is 2. The Bertz CT molecular complexity index is 965. The molecule has 0 amide bonds. The summed E-state index contributed by atoms with van der Waals surface area (Å²) in [6.45, 7) is 6.59. The molecule has 2 aromatic heterocycles. The lowest BCUT2D eigenvalue weighted by Gasteiger charge is -2.46. The molecule has 8 nitrogen and oxygen atoms in total. The lowest BCUT2D eigenvalue weighted by atomic mass is 9.85. The van der Waals surface area contributed by atoms with Gasteiger partial charge in [0.1, 0.15) is 11.4 Å². The Hall–Kier alpha value is -2.54. The number of piperazine rings is 1. The SMILES string of the molecule is CCNc1nc(Nc2cnn([C@H]3C[C@H](N4CCN(CC(F)F)CC4)C3)c2C)ncc1C(F)(F)F. The molecule has 34 heavy (non-hydrogen) atoms. The van der Waals surface area contributed by atoms with E-state index in [1.54, 1.807) is 18.0 Å². The van der Waals surface area contributed by atoms with E-state index in [9.17, 15) is 22.0 Å². The molecule has 188 valence electrons. The van der Waals surface area contributed by atoms with Crippen molar-refractivity contribution < 1.29 is 22.0 Å². The third-order valence-electron chi connectivity index (χ3n) is 6.48. The monoisotopic (exact) mass is 488 g/mol. The maximum absolute atomic E-state index is 13.2. The summed E-state index contributed by atoms with van der Waals surface area (Å²) in [6.07, 6.45) is -2.62. The number of hydrogen-bond acceptors (Lipinski definition) is 7. The summed E-state index contributed by atoms with van der Waals surface area (Å²) in [5.41, 5.74) is 0.563. The van der Waals surface area contributed by atoms with Crippen LogP contribution in [-0.2, 0) is 6.18 Å². The molecule has 2 N–H and O–H groups in total. The van der Waals surface area contributed by atoms with Crippen molar-refractivity contribution in [3.8, 4) is 0 Å². The van der Waals surface area contributed by atoms with Crippen LogP contribution in [0.1, 0.15) is 37.1 Å². The Kier molecular flexibility index (Phi) is 7.22. The summed E-state index contributed by atoms with van der Waals surface area (Å²) in [5.74, 6) is -0.215. The molecule has 0 unspecified atom stereocenters. The molecule has 1 aliphatic heterocycles. The van der Waals surface area contributed by atoms with Gasteiger partial charge in [0, 0.05) is 45.0 Å². The van der Waals surface area contributed by atoms with E-state index < -0.39 is 18.2 Å². The fraction of sp³-hybridized carbons (Fsp3) is 0.667. The van der Waals surface area contributed by atoms with Crippen molar-refractivity contribution in [1.29, 1.82) is 0 Å². The van der Waals surface area contributed by atoms with E-state index in [0.29, 0.717) is 31.4 Å². The second kappa shape index (κ2) is 9.98. The van der Waals surface area contributed by atoms with E-state index >= 15 is 0 Å². The average molecular weight is 489 g/mol. The lowest BCUT2D eigenvalue weighted by molar-refractivity contribution is -0.137.